The molecule has 0 spiro atoms. The fourth-order valence-electron chi connectivity index (χ4n) is 4.11. The lowest BCUT2D eigenvalue weighted by Crippen LogP contribution is -2.43. The summed E-state index contributed by atoms with van der Waals surface area (Å²) in [5.41, 5.74) is 3.47. The highest BCUT2D eigenvalue weighted by Gasteiger charge is 2.24. The normalized spacial score (nSPS) is 16.3. The van der Waals surface area contributed by atoms with Gasteiger partial charge in [-0.25, -0.2) is 4.98 Å². The molecule has 1 unspecified atom stereocenters. The molecule has 8 nitrogen and oxygen atoms in total. The van der Waals surface area contributed by atoms with Gasteiger partial charge in [0.05, 0.1) is 18.9 Å². The molecule has 1 N–H and O–H groups in total. The quantitative estimate of drug-likeness (QED) is 0.379. The number of piperidine rings is 1. The Kier molecular flexibility index (Phi) is 7.85. The molecule has 3 heterocycles. The van der Waals surface area contributed by atoms with Crippen LogP contribution in [0.5, 0.6) is 0 Å². The number of fused-ring (bicyclic) bond motifs is 1. The van der Waals surface area contributed by atoms with Gasteiger partial charge >= 0.3 is 0 Å². The summed E-state index contributed by atoms with van der Waals surface area (Å²) in [5, 5.41) is 8.71. The van der Waals surface area contributed by atoms with Gasteiger partial charge in [0.2, 0.25) is 5.91 Å². The summed E-state index contributed by atoms with van der Waals surface area (Å²) in [6.07, 6.45) is 3.85. The zero-order valence-corrected chi connectivity index (χ0v) is 19.8. The smallest absolute Gasteiger partial charge is 0.248 e. The molecule has 0 saturated carbocycles. The van der Waals surface area contributed by atoms with Crippen molar-refractivity contribution in [1.82, 2.24) is 19.5 Å². The van der Waals surface area contributed by atoms with Crippen LogP contribution >= 0.6 is 11.6 Å². The van der Waals surface area contributed by atoms with Crippen molar-refractivity contribution in [2.45, 2.75) is 12.8 Å². The summed E-state index contributed by atoms with van der Waals surface area (Å²) in [7, 11) is 3.61. The molecule has 1 aliphatic heterocycles. The van der Waals surface area contributed by atoms with Gasteiger partial charge in [0.15, 0.2) is 5.65 Å². The average Bonchev–Trinajstić information content (AvgIpc) is 3.21. The Bertz CT molecular complexity index is 1110. The number of nitrogens with zero attached hydrogens (tertiary/aromatic N) is 4. The van der Waals surface area contributed by atoms with Crippen molar-refractivity contribution >= 4 is 42.3 Å². The number of amides is 1. The van der Waals surface area contributed by atoms with Crippen molar-refractivity contribution in [3.8, 4) is 11.3 Å². The molecule has 2 aromatic heterocycles. The molecule has 1 fully saturated rings. The average molecular weight is 470 g/mol. The van der Waals surface area contributed by atoms with Gasteiger partial charge in [-0.15, -0.1) is 0 Å². The highest BCUT2D eigenvalue weighted by atomic mass is 35.5. The van der Waals surface area contributed by atoms with Crippen LogP contribution in [0, 0.1) is 5.92 Å². The van der Waals surface area contributed by atoms with Gasteiger partial charge in [-0.05, 0) is 30.3 Å². The number of hydrogen-bond donors (Lipinski definition) is 1. The molecule has 3 aromatic rings. The van der Waals surface area contributed by atoms with E-state index in [-0.39, 0.29) is 12.5 Å². The minimum Gasteiger partial charge on any atom is -0.382 e. The monoisotopic (exact) mass is 469 g/mol. The number of rotatable bonds is 9. The second kappa shape index (κ2) is 11.0. The lowest BCUT2D eigenvalue weighted by molar-refractivity contribution is -0.138. The number of anilines is 1. The third-order valence-electron chi connectivity index (χ3n) is 5.90. The van der Waals surface area contributed by atoms with Crippen molar-refractivity contribution in [3.63, 3.8) is 0 Å². The van der Waals surface area contributed by atoms with Gasteiger partial charge < -0.3 is 19.7 Å². The standard InChI is InChI=1S/C23H29BClN5O3/c1-32-9-10-33-15-22(31)29-8-4-5-16(14-29)12-26-21-11-20(17-6-2-3-7-19(17)25)28-23-18(24)13-27-30(21)23/h2-3,6-7,11,13,16,26H,4-5,8-10,12,14-15,24H2,1H3. The van der Waals surface area contributed by atoms with Crippen LogP contribution in [0.25, 0.3) is 16.9 Å². The van der Waals surface area contributed by atoms with Crippen LogP contribution in [-0.4, -0.2) is 79.8 Å². The van der Waals surface area contributed by atoms with E-state index in [0.717, 1.165) is 54.1 Å². The van der Waals surface area contributed by atoms with E-state index < -0.39 is 0 Å². The Hall–Kier alpha value is -2.62. The molecule has 0 bridgehead atoms. The van der Waals surface area contributed by atoms with Crippen LogP contribution < -0.4 is 10.8 Å². The van der Waals surface area contributed by atoms with Crippen LogP contribution in [0.2, 0.25) is 5.02 Å². The summed E-state index contributed by atoms with van der Waals surface area (Å²) in [6, 6.07) is 9.68. The van der Waals surface area contributed by atoms with Gasteiger partial charge in [-0.3, -0.25) is 4.79 Å². The first-order chi connectivity index (χ1) is 16.1. The van der Waals surface area contributed by atoms with Crippen molar-refractivity contribution in [1.29, 1.82) is 0 Å². The number of likely N-dealkylation sites (tertiary alicyclic amines) is 1. The highest BCUT2D eigenvalue weighted by Crippen LogP contribution is 2.28. The maximum atomic E-state index is 12.5. The van der Waals surface area contributed by atoms with Gasteiger partial charge in [0.1, 0.15) is 20.3 Å². The van der Waals surface area contributed by atoms with E-state index in [0.29, 0.717) is 30.7 Å². The summed E-state index contributed by atoms with van der Waals surface area (Å²) < 4.78 is 12.2. The topological polar surface area (TPSA) is 81.0 Å². The van der Waals surface area contributed by atoms with Crippen molar-refractivity contribution in [2.24, 2.45) is 5.92 Å². The Balaban J connectivity index is 1.45. The molecule has 1 aliphatic rings. The lowest BCUT2D eigenvalue weighted by Gasteiger charge is -2.33. The zero-order valence-electron chi connectivity index (χ0n) is 19.1. The SMILES string of the molecule is Bc1cnn2c(NCC3CCCN(C(=O)COCCOC)C3)cc(-c3ccccc3Cl)nc12. The molecule has 1 atom stereocenters. The van der Waals surface area contributed by atoms with Crippen LogP contribution in [0.15, 0.2) is 36.5 Å². The van der Waals surface area contributed by atoms with Crippen molar-refractivity contribution in [3.05, 3.63) is 41.6 Å². The fourth-order valence-corrected chi connectivity index (χ4v) is 4.34. The molecule has 0 radical (unpaired) electrons. The molecule has 10 heteroatoms. The van der Waals surface area contributed by atoms with E-state index >= 15 is 0 Å². The van der Waals surface area contributed by atoms with E-state index in [9.17, 15) is 4.79 Å². The van der Waals surface area contributed by atoms with Gasteiger partial charge in [0.25, 0.3) is 0 Å². The summed E-state index contributed by atoms with van der Waals surface area (Å²) in [5.74, 6) is 1.23. The Labute approximate surface area is 199 Å². The minimum absolute atomic E-state index is 0.0332. The number of carbonyl (C=O) groups is 1. The zero-order chi connectivity index (χ0) is 23.2. The Morgan fingerprint density at radius 2 is 2.18 bits per heavy atom. The molecule has 4 rings (SSSR count). The van der Waals surface area contributed by atoms with Gasteiger partial charge in [-0.2, -0.15) is 9.61 Å². The lowest BCUT2D eigenvalue weighted by atomic mass is 9.98. The third kappa shape index (κ3) is 5.66. The van der Waals surface area contributed by atoms with Crippen molar-refractivity contribution < 1.29 is 14.3 Å². The minimum atomic E-state index is 0.0332. The number of hydrogen-bond acceptors (Lipinski definition) is 6. The summed E-state index contributed by atoms with van der Waals surface area (Å²) in [4.78, 5) is 19.2. The van der Waals surface area contributed by atoms with Gasteiger partial charge in [-0.1, -0.05) is 29.8 Å². The maximum absolute atomic E-state index is 12.5. The first-order valence-electron chi connectivity index (χ1n) is 11.3. The number of methoxy groups -OCH3 is 1. The third-order valence-corrected chi connectivity index (χ3v) is 6.23. The maximum Gasteiger partial charge on any atom is 0.248 e. The van der Waals surface area contributed by atoms with E-state index in [2.05, 4.69) is 10.4 Å². The molecule has 1 aromatic carbocycles. The molecular weight excluding hydrogens is 441 g/mol. The first kappa shape index (κ1) is 23.5. The predicted octanol–water partition coefficient (Wildman–Crippen LogP) is 1.62. The Morgan fingerprint density at radius 3 is 3.00 bits per heavy atom. The summed E-state index contributed by atoms with van der Waals surface area (Å²) >= 11 is 6.44. The van der Waals surface area contributed by atoms with E-state index in [4.69, 9.17) is 26.1 Å². The number of nitrogens with one attached hydrogen (secondary N) is 1. The number of aromatic nitrogens is 3. The van der Waals surface area contributed by atoms with Crippen LogP contribution in [0.3, 0.4) is 0 Å². The molecule has 33 heavy (non-hydrogen) atoms. The number of benzene rings is 1. The van der Waals surface area contributed by atoms with Crippen molar-refractivity contribution in [2.75, 3.05) is 51.9 Å². The molecular formula is C23H29BClN5O3. The summed E-state index contributed by atoms with van der Waals surface area (Å²) in [6.45, 7) is 3.23. The second-order valence-corrected chi connectivity index (χ2v) is 8.75. The molecule has 0 aliphatic carbocycles. The first-order valence-corrected chi connectivity index (χ1v) is 11.6. The largest absolute Gasteiger partial charge is 0.382 e. The predicted molar refractivity (Wildman–Crippen MR) is 132 cm³/mol. The van der Waals surface area contributed by atoms with Crippen LogP contribution in [-0.2, 0) is 14.3 Å². The van der Waals surface area contributed by atoms with E-state index in [1.807, 2.05) is 53.8 Å². The van der Waals surface area contributed by atoms with Crippen LogP contribution in [0.4, 0.5) is 5.82 Å². The second-order valence-electron chi connectivity index (χ2n) is 8.34. The number of carbonyl (C=O) groups excluding carboxylic acids is 1. The molecule has 174 valence electrons. The van der Waals surface area contributed by atoms with Gasteiger partial charge in [0, 0.05) is 49.6 Å². The van der Waals surface area contributed by atoms with E-state index in [1.54, 1.807) is 7.11 Å². The van der Waals surface area contributed by atoms with Crippen LogP contribution in [0.1, 0.15) is 12.8 Å². The Morgan fingerprint density at radius 1 is 1.33 bits per heavy atom. The highest BCUT2D eigenvalue weighted by molar-refractivity contribution is 6.36. The molecule has 1 saturated heterocycles. The molecule has 1 amide bonds. The number of halogens is 1. The number of ether oxygens (including phenoxy) is 2. The van der Waals surface area contributed by atoms with E-state index in [1.165, 1.54) is 0 Å². The fraction of sp³-hybridized carbons (Fsp3) is 0.435.